The number of esters is 2. The first-order valence-electron chi connectivity index (χ1n) is 7.09. The standard InChI is InChI=1S/C18H12BrNO4/c1-11(21)23-13-8-6-12(7-9-13)10-16-18(22)24-17(20-16)14-4-2-3-5-15(14)19/h2-10H,1H3/b16-10+. The lowest BCUT2D eigenvalue weighted by Gasteiger charge is -2.01. The highest BCUT2D eigenvalue weighted by molar-refractivity contribution is 9.10. The monoisotopic (exact) mass is 385 g/mol. The van der Waals surface area contributed by atoms with Gasteiger partial charge in [0.05, 0.1) is 5.56 Å². The van der Waals surface area contributed by atoms with Crippen LogP contribution in [0.15, 0.2) is 63.7 Å². The summed E-state index contributed by atoms with van der Waals surface area (Å²) < 4.78 is 11.0. The van der Waals surface area contributed by atoms with Crippen molar-refractivity contribution in [1.29, 1.82) is 0 Å². The molecule has 0 amide bonds. The molecule has 120 valence electrons. The number of aliphatic imine (C=N–C) groups is 1. The van der Waals surface area contributed by atoms with E-state index in [1.54, 1.807) is 30.3 Å². The normalized spacial score (nSPS) is 15.2. The summed E-state index contributed by atoms with van der Waals surface area (Å²) in [6.45, 7) is 1.34. The van der Waals surface area contributed by atoms with E-state index in [0.29, 0.717) is 11.3 Å². The number of hydrogen-bond donors (Lipinski definition) is 0. The average Bonchev–Trinajstić information content (AvgIpc) is 2.90. The second kappa shape index (κ2) is 6.80. The Bertz CT molecular complexity index is 869. The van der Waals surface area contributed by atoms with Crippen molar-refractivity contribution in [2.24, 2.45) is 4.99 Å². The highest BCUT2D eigenvalue weighted by atomic mass is 79.9. The molecule has 0 aromatic heterocycles. The van der Waals surface area contributed by atoms with E-state index in [1.165, 1.54) is 6.92 Å². The van der Waals surface area contributed by atoms with Crippen LogP contribution in [-0.4, -0.2) is 17.8 Å². The van der Waals surface area contributed by atoms with Crippen molar-refractivity contribution in [3.63, 3.8) is 0 Å². The van der Waals surface area contributed by atoms with Gasteiger partial charge in [-0.3, -0.25) is 4.79 Å². The number of cyclic esters (lactones) is 1. The summed E-state index contributed by atoms with van der Waals surface area (Å²) in [5.74, 6) is -0.195. The van der Waals surface area contributed by atoms with E-state index in [9.17, 15) is 9.59 Å². The predicted octanol–water partition coefficient (Wildman–Crippen LogP) is 3.72. The van der Waals surface area contributed by atoms with Gasteiger partial charge < -0.3 is 9.47 Å². The minimum atomic E-state index is -0.509. The molecule has 0 atom stereocenters. The van der Waals surface area contributed by atoms with Crippen LogP contribution in [0.2, 0.25) is 0 Å². The molecule has 0 bridgehead atoms. The van der Waals surface area contributed by atoms with Gasteiger partial charge in [-0.2, -0.15) is 0 Å². The Hall–Kier alpha value is -2.73. The second-order valence-electron chi connectivity index (χ2n) is 4.98. The third-order valence-corrected chi connectivity index (χ3v) is 3.86. The fourth-order valence-corrected chi connectivity index (χ4v) is 2.57. The first-order chi connectivity index (χ1) is 11.5. The van der Waals surface area contributed by atoms with Crippen LogP contribution in [0.5, 0.6) is 5.75 Å². The van der Waals surface area contributed by atoms with Crippen LogP contribution in [0.1, 0.15) is 18.1 Å². The van der Waals surface area contributed by atoms with Crippen molar-refractivity contribution >= 4 is 39.8 Å². The molecule has 24 heavy (non-hydrogen) atoms. The van der Waals surface area contributed by atoms with E-state index in [1.807, 2.05) is 24.3 Å². The van der Waals surface area contributed by atoms with Crippen LogP contribution >= 0.6 is 15.9 Å². The molecular weight excluding hydrogens is 374 g/mol. The van der Waals surface area contributed by atoms with Crippen LogP contribution < -0.4 is 4.74 Å². The molecule has 6 heteroatoms. The van der Waals surface area contributed by atoms with E-state index in [-0.39, 0.29) is 17.6 Å². The van der Waals surface area contributed by atoms with Crippen molar-refractivity contribution in [2.45, 2.75) is 6.92 Å². The molecule has 0 N–H and O–H groups in total. The number of ether oxygens (including phenoxy) is 2. The SMILES string of the molecule is CC(=O)Oc1ccc(/C=C2/N=C(c3ccccc3Br)OC2=O)cc1. The molecule has 0 saturated carbocycles. The van der Waals surface area contributed by atoms with Gasteiger partial charge in [0.2, 0.25) is 5.90 Å². The van der Waals surface area contributed by atoms with Gasteiger partial charge in [-0.1, -0.05) is 24.3 Å². The predicted molar refractivity (Wildman–Crippen MR) is 92.5 cm³/mol. The molecule has 1 heterocycles. The maximum absolute atomic E-state index is 12.0. The fourth-order valence-electron chi connectivity index (χ4n) is 2.11. The van der Waals surface area contributed by atoms with Crippen molar-refractivity contribution in [3.05, 3.63) is 69.8 Å². The minimum Gasteiger partial charge on any atom is -0.427 e. The Morgan fingerprint density at radius 3 is 2.54 bits per heavy atom. The smallest absolute Gasteiger partial charge is 0.363 e. The lowest BCUT2D eigenvalue weighted by molar-refractivity contribution is -0.132. The summed E-state index contributed by atoms with van der Waals surface area (Å²) in [4.78, 5) is 27.2. The zero-order chi connectivity index (χ0) is 17.1. The van der Waals surface area contributed by atoms with E-state index >= 15 is 0 Å². The van der Waals surface area contributed by atoms with Crippen LogP contribution in [0, 0.1) is 0 Å². The maximum atomic E-state index is 12.0. The molecule has 2 aromatic carbocycles. The molecule has 0 radical (unpaired) electrons. The Labute approximate surface area is 146 Å². The Kier molecular flexibility index (Phi) is 4.57. The van der Waals surface area contributed by atoms with Crippen molar-refractivity contribution in [3.8, 4) is 5.75 Å². The number of hydrogen-bond acceptors (Lipinski definition) is 5. The van der Waals surface area contributed by atoms with E-state index in [2.05, 4.69) is 20.9 Å². The van der Waals surface area contributed by atoms with Crippen LogP contribution in [0.4, 0.5) is 0 Å². The van der Waals surface area contributed by atoms with Crippen LogP contribution in [-0.2, 0) is 14.3 Å². The number of carbonyl (C=O) groups excluding carboxylic acids is 2. The van der Waals surface area contributed by atoms with Gasteiger partial charge in [-0.25, -0.2) is 9.79 Å². The summed E-state index contributed by atoms with van der Waals surface area (Å²) in [6, 6.07) is 14.1. The number of benzene rings is 2. The molecular formula is C18H12BrNO4. The molecule has 5 nitrogen and oxygen atoms in total. The lowest BCUT2D eigenvalue weighted by Crippen LogP contribution is -2.05. The Morgan fingerprint density at radius 1 is 1.17 bits per heavy atom. The van der Waals surface area contributed by atoms with Gasteiger partial charge in [-0.15, -0.1) is 0 Å². The zero-order valence-corrected chi connectivity index (χ0v) is 14.2. The second-order valence-corrected chi connectivity index (χ2v) is 5.83. The lowest BCUT2D eigenvalue weighted by atomic mass is 10.2. The summed E-state index contributed by atoms with van der Waals surface area (Å²) in [5, 5.41) is 0. The van der Waals surface area contributed by atoms with Crippen LogP contribution in [0.3, 0.4) is 0 Å². The summed E-state index contributed by atoms with van der Waals surface area (Å²) in [6.07, 6.45) is 1.61. The van der Waals surface area contributed by atoms with Gasteiger partial charge in [0, 0.05) is 11.4 Å². The third kappa shape index (κ3) is 3.60. The number of carbonyl (C=O) groups is 2. The number of halogens is 1. The van der Waals surface area contributed by atoms with E-state index < -0.39 is 5.97 Å². The maximum Gasteiger partial charge on any atom is 0.363 e. The third-order valence-electron chi connectivity index (χ3n) is 3.17. The highest BCUT2D eigenvalue weighted by Gasteiger charge is 2.25. The largest absolute Gasteiger partial charge is 0.427 e. The highest BCUT2D eigenvalue weighted by Crippen LogP contribution is 2.24. The van der Waals surface area contributed by atoms with Gasteiger partial charge >= 0.3 is 11.9 Å². The molecule has 0 spiro atoms. The number of nitrogens with zero attached hydrogens (tertiary/aromatic N) is 1. The van der Waals surface area contributed by atoms with E-state index in [4.69, 9.17) is 9.47 Å². The van der Waals surface area contributed by atoms with Gasteiger partial charge in [0.1, 0.15) is 5.75 Å². The molecule has 0 fully saturated rings. The van der Waals surface area contributed by atoms with Crippen molar-refractivity contribution in [1.82, 2.24) is 0 Å². The number of rotatable bonds is 3. The van der Waals surface area contributed by atoms with Gasteiger partial charge in [0.15, 0.2) is 5.70 Å². The Balaban J connectivity index is 1.86. The summed E-state index contributed by atoms with van der Waals surface area (Å²) in [7, 11) is 0. The van der Waals surface area contributed by atoms with Gasteiger partial charge in [-0.05, 0) is 51.8 Å². The summed E-state index contributed by atoms with van der Waals surface area (Å²) >= 11 is 3.41. The molecule has 0 saturated heterocycles. The molecule has 2 aromatic rings. The zero-order valence-electron chi connectivity index (χ0n) is 12.7. The molecule has 1 aliphatic rings. The average molecular weight is 386 g/mol. The van der Waals surface area contributed by atoms with Crippen LogP contribution in [0.25, 0.3) is 6.08 Å². The quantitative estimate of drug-likeness (QED) is 0.458. The molecule has 0 unspecified atom stereocenters. The van der Waals surface area contributed by atoms with Gasteiger partial charge in [0.25, 0.3) is 0 Å². The van der Waals surface area contributed by atoms with Crippen molar-refractivity contribution in [2.75, 3.05) is 0 Å². The first-order valence-corrected chi connectivity index (χ1v) is 7.88. The Morgan fingerprint density at radius 2 is 1.88 bits per heavy atom. The fraction of sp³-hybridized carbons (Fsp3) is 0.0556. The topological polar surface area (TPSA) is 65.0 Å². The van der Waals surface area contributed by atoms with Crippen molar-refractivity contribution < 1.29 is 19.1 Å². The van der Waals surface area contributed by atoms with E-state index in [0.717, 1.165) is 10.0 Å². The first kappa shape index (κ1) is 16.1. The molecule has 3 rings (SSSR count). The minimum absolute atomic E-state index is 0.209. The molecule has 1 aliphatic heterocycles. The molecule has 0 aliphatic carbocycles. The summed E-state index contributed by atoms with van der Waals surface area (Å²) in [5.41, 5.74) is 1.66.